The highest BCUT2D eigenvalue weighted by atomic mass is 32.1. The number of aryl methyl sites for hydroxylation is 1. The summed E-state index contributed by atoms with van der Waals surface area (Å²) in [5.41, 5.74) is 4.16. The van der Waals surface area contributed by atoms with Crippen LogP contribution in [0.2, 0.25) is 0 Å². The van der Waals surface area contributed by atoms with Crippen molar-refractivity contribution < 1.29 is 23.8 Å². The number of nitrogens with zero attached hydrogens (tertiary/aromatic N) is 3. The predicted octanol–water partition coefficient (Wildman–Crippen LogP) is 5.73. The summed E-state index contributed by atoms with van der Waals surface area (Å²) in [5, 5.41) is 21.2. The molecule has 0 aliphatic carbocycles. The summed E-state index contributed by atoms with van der Waals surface area (Å²) >= 11 is 1.56. The number of aromatic nitrogens is 2. The van der Waals surface area contributed by atoms with E-state index in [0.717, 1.165) is 34.7 Å². The molecule has 0 saturated carbocycles. The molecule has 2 aromatic heterocycles. The van der Waals surface area contributed by atoms with Crippen molar-refractivity contribution in [2.24, 2.45) is 0 Å². The number of rotatable bonds is 12. The summed E-state index contributed by atoms with van der Waals surface area (Å²) in [6.45, 7) is 3.64. The highest BCUT2D eigenvalue weighted by Gasteiger charge is 2.36. The Bertz CT molecular complexity index is 1880. The Morgan fingerprint density at radius 2 is 1.84 bits per heavy atom. The molecule has 2 saturated heterocycles. The second-order valence-corrected chi connectivity index (χ2v) is 13.9. The lowest BCUT2D eigenvalue weighted by atomic mass is 9.94. The molecule has 5 aromatic rings. The van der Waals surface area contributed by atoms with Gasteiger partial charge in [-0.1, -0.05) is 60.7 Å². The van der Waals surface area contributed by atoms with E-state index in [9.17, 15) is 14.7 Å². The molecule has 2 fully saturated rings. The Morgan fingerprint density at radius 1 is 1.08 bits per heavy atom. The smallest absolute Gasteiger partial charge is 0.254 e. The SMILES string of the molecule is Cc1csc(C2CCCN2C(=O)c2cc(C(=O)N[C@@H](Cc3ccccc3)[C@H](O)[C@H]3C[C@@H](OCc4ccccc4)CN3)cc(-c3ncco3)c2)n1. The predicted molar refractivity (Wildman–Crippen MR) is 191 cm³/mol. The monoisotopic (exact) mass is 691 g/mol. The van der Waals surface area contributed by atoms with E-state index in [1.54, 1.807) is 29.5 Å². The van der Waals surface area contributed by atoms with Crippen LogP contribution in [0.4, 0.5) is 0 Å². The summed E-state index contributed by atoms with van der Waals surface area (Å²) < 4.78 is 11.8. The largest absolute Gasteiger partial charge is 0.445 e. The number of carbonyl (C=O) groups excluding carboxylic acids is 2. The fourth-order valence-electron chi connectivity index (χ4n) is 6.89. The first-order valence-corrected chi connectivity index (χ1v) is 18.0. The summed E-state index contributed by atoms with van der Waals surface area (Å²) in [4.78, 5) is 39.1. The number of hydrogen-bond donors (Lipinski definition) is 3. The summed E-state index contributed by atoms with van der Waals surface area (Å²) in [6.07, 6.45) is 4.72. The number of oxazole rings is 1. The number of amides is 2. The molecule has 1 unspecified atom stereocenters. The van der Waals surface area contributed by atoms with E-state index >= 15 is 0 Å². The maximum atomic E-state index is 14.1. The number of thiazole rings is 1. The van der Waals surface area contributed by atoms with Crippen molar-refractivity contribution >= 4 is 23.2 Å². The molecule has 0 radical (unpaired) electrons. The van der Waals surface area contributed by atoms with Gasteiger partial charge in [-0.3, -0.25) is 9.59 Å². The molecule has 10 nitrogen and oxygen atoms in total. The van der Waals surface area contributed by atoms with E-state index < -0.39 is 18.1 Å². The number of likely N-dealkylation sites (tertiary alicyclic amines) is 1. The minimum atomic E-state index is -0.910. The third kappa shape index (κ3) is 7.87. The summed E-state index contributed by atoms with van der Waals surface area (Å²) in [6, 6.07) is 23.8. The van der Waals surface area contributed by atoms with E-state index in [1.165, 1.54) is 12.5 Å². The first-order valence-electron chi connectivity index (χ1n) is 17.1. The third-order valence-electron chi connectivity index (χ3n) is 9.45. The summed E-state index contributed by atoms with van der Waals surface area (Å²) in [7, 11) is 0. The normalized spacial score (nSPS) is 20.1. The van der Waals surface area contributed by atoms with Crippen LogP contribution in [0, 0.1) is 6.92 Å². The first kappa shape index (κ1) is 33.8. The highest BCUT2D eigenvalue weighted by Crippen LogP contribution is 2.35. The van der Waals surface area contributed by atoms with Crippen molar-refractivity contribution in [1.82, 2.24) is 25.5 Å². The van der Waals surface area contributed by atoms with E-state index in [0.29, 0.717) is 49.6 Å². The zero-order valence-corrected chi connectivity index (χ0v) is 28.7. The van der Waals surface area contributed by atoms with Crippen LogP contribution in [0.15, 0.2) is 101 Å². The van der Waals surface area contributed by atoms with Crippen LogP contribution in [0.1, 0.15) is 67.8 Å². The molecule has 2 aliphatic rings. The topological polar surface area (TPSA) is 130 Å². The highest BCUT2D eigenvalue weighted by molar-refractivity contribution is 7.09. The molecule has 3 aromatic carbocycles. The van der Waals surface area contributed by atoms with Gasteiger partial charge in [0.15, 0.2) is 0 Å². The second kappa shape index (κ2) is 15.5. The van der Waals surface area contributed by atoms with Gasteiger partial charge in [0.2, 0.25) is 5.89 Å². The van der Waals surface area contributed by atoms with Gasteiger partial charge >= 0.3 is 0 Å². The zero-order chi connectivity index (χ0) is 34.5. The number of carbonyl (C=O) groups is 2. The van der Waals surface area contributed by atoms with Crippen molar-refractivity contribution in [2.75, 3.05) is 13.1 Å². The van der Waals surface area contributed by atoms with Crippen LogP contribution in [0.3, 0.4) is 0 Å². The number of ether oxygens (including phenoxy) is 1. The molecule has 11 heteroatoms. The Hall–Kier alpha value is -4.68. The zero-order valence-electron chi connectivity index (χ0n) is 27.9. The molecule has 2 amide bonds. The average molecular weight is 692 g/mol. The van der Waals surface area contributed by atoms with Gasteiger partial charge in [-0.25, -0.2) is 9.97 Å². The molecule has 7 rings (SSSR count). The Balaban J connectivity index is 1.12. The fraction of sp³-hybridized carbons (Fsp3) is 0.333. The molecule has 258 valence electrons. The van der Waals surface area contributed by atoms with Gasteiger partial charge in [0.05, 0.1) is 37.1 Å². The Morgan fingerprint density at radius 3 is 2.56 bits per heavy atom. The lowest BCUT2D eigenvalue weighted by molar-refractivity contribution is 0.0419. The number of aliphatic hydroxyl groups is 1. The van der Waals surface area contributed by atoms with Gasteiger partial charge in [0.1, 0.15) is 11.3 Å². The molecule has 2 aliphatic heterocycles. The van der Waals surface area contributed by atoms with Crippen LogP contribution in [-0.2, 0) is 17.8 Å². The molecule has 0 spiro atoms. The van der Waals surface area contributed by atoms with Gasteiger partial charge in [0.25, 0.3) is 11.8 Å². The average Bonchev–Trinajstić information content (AvgIpc) is 3.99. The van der Waals surface area contributed by atoms with Crippen LogP contribution >= 0.6 is 11.3 Å². The minimum Gasteiger partial charge on any atom is -0.445 e. The quantitative estimate of drug-likeness (QED) is 0.151. The standard InChI is InChI=1S/C39H41N5O5S/c1-25-24-50-38(42-25)34-13-8-15-44(34)39(47)30-19-28(18-29(20-30)37-40-14-16-48-37)36(46)43-33(17-26-9-4-2-5-10-26)35(45)32-21-31(22-41-32)49-23-27-11-6-3-7-12-27/h2-7,9-12,14,16,18-20,24,31-35,41,45H,8,13,15,17,21-23H2,1H3,(H,43,46)/t31-,32-,33+,34?,35-/m1/s1. The maximum Gasteiger partial charge on any atom is 0.254 e. The number of nitrogens with one attached hydrogen (secondary N) is 2. The second-order valence-electron chi connectivity index (χ2n) is 13.0. The number of benzene rings is 3. The Labute approximate surface area is 295 Å². The molecule has 4 heterocycles. The van der Waals surface area contributed by atoms with Gasteiger partial charge in [-0.2, -0.15) is 0 Å². The molecule has 0 bridgehead atoms. The van der Waals surface area contributed by atoms with Crippen molar-refractivity contribution in [1.29, 1.82) is 0 Å². The van der Waals surface area contributed by atoms with E-state index in [-0.39, 0.29) is 29.7 Å². The van der Waals surface area contributed by atoms with Gasteiger partial charge in [0, 0.05) is 46.9 Å². The van der Waals surface area contributed by atoms with E-state index in [1.807, 2.05) is 77.9 Å². The molecular formula is C39H41N5O5S. The Kier molecular flexibility index (Phi) is 10.5. The van der Waals surface area contributed by atoms with Gasteiger partial charge in [-0.05, 0) is 61.9 Å². The van der Waals surface area contributed by atoms with Crippen molar-refractivity contribution in [3.8, 4) is 11.5 Å². The van der Waals surface area contributed by atoms with E-state index in [2.05, 4.69) is 20.6 Å². The van der Waals surface area contributed by atoms with Crippen molar-refractivity contribution in [2.45, 2.75) is 69.5 Å². The lowest BCUT2D eigenvalue weighted by Gasteiger charge is -2.29. The third-order valence-corrected chi connectivity index (χ3v) is 10.5. The van der Waals surface area contributed by atoms with Crippen LogP contribution in [0.25, 0.3) is 11.5 Å². The summed E-state index contributed by atoms with van der Waals surface area (Å²) in [5.74, 6) is -0.281. The van der Waals surface area contributed by atoms with Crippen LogP contribution in [0.5, 0.6) is 0 Å². The van der Waals surface area contributed by atoms with Gasteiger partial charge in [-0.15, -0.1) is 11.3 Å². The van der Waals surface area contributed by atoms with E-state index in [4.69, 9.17) is 9.15 Å². The fourth-order valence-corrected chi connectivity index (χ4v) is 7.84. The van der Waals surface area contributed by atoms with Crippen molar-refractivity contribution in [3.63, 3.8) is 0 Å². The molecule has 3 N–H and O–H groups in total. The lowest BCUT2D eigenvalue weighted by Crippen LogP contribution is -2.52. The molecule has 50 heavy (non-hydrogen) atoms. The first-order chi connectivity index (χ1) is 24.4. The van der Waals surface area contributed by atoms with Crippen molar-refractivity contribution in [3.05, 3.63) is 130 Å². The molecule has 5 atom stereocenters. The van der Waals surface area contributed by atoms with Crippen LogP contribution in [-0.4, -0.2) is 69.2 Å². The number of hydrogen-bond acceptors (Lipinski definition) is 9. The maximum absolute atomic E-state index is 14.1. The number of aliphatic hydroxyl groups excluding tert-OH is 1. The molecular weight excluding hydrogens is 651 g/mol. The van der Waals surface area contributed by atoms with Gasteiger partial charge < -0.3 is 29.8 Å². The van der Waals surface area contributed by atoms with Crippen LogP contribution < -0.4 is 10.6 Å². The minimum absolute atomic E-state index is 0.0725.